The number of aromatic nitrogens is 1. The summed E-state index contributed by atoms with van der Waals surface area (Å²) in [6.07, 6.45) is -0.882. The van der Waals surface area contributed by atoms with Gasteiger partial charge in [0.05, 0.1) is 17.7 Å². The zero-order valence-electron chi connectivity index (χ0n) is 18.0. The Kier molecular flexibility index (Phi) is 4.77. The normalized spacial score (nSPS) is 20.8. The second kappa shape index (κ2) is 7.84. The first kappa shape index (κ1) is 20.7. The minimum Gasteiger partial charge on any atom is -0.482 e. The van der Waals surface area contributed by atoms with Crippen LogP contribution in [0, 0.1) is 5.82 Å². The molecular formula is C24H21FN4O5. The molecule has 1 saturated heterocycles. The van der Waals surface area contributed by atoms with Crippen molar-refractivity contribution in [1.82, 2.24) is 9.88 Å². The summed E-state index contributed by atoms with van der Waals surface area (Å²) in [6.45, 7) is 1.51. The molecule has 3 aliphatic heterocycles. The molecule has 2 N–H and O–H groups in total. The second-order valence-electron chi connectivity index (χ2n) is 8.67. The predicted octanol–water partition coefficient (Wildman–Crippen LogP) is 2.18. The fraction of sp³-hybridized carbons (Fsp3) is 0.292. The molecular weight excluding hydrogens is 443 g/mol. The molecule has 3 aromatic rings. The maximum atomic E-state index is 14.6. The smallest absolute Gasteiger partial charge is 0.414 e. The number of pyridine rings is 1. The third-order valence-corrected chi connectivity index (χ3v) is 6.49. The average Bonchev–Trinajstić information content (AvgIpc) is 3.39. The molecule has 3 aliphatic rings. The van der Waals surface area contributed by atoms with E-state index in [1.54, 1.807) is 34.9 Å². The Bertz CT molecular complexity index is 1400. The van der Waals surface area contributed by atoms with Crippen LogP contribution in [0.2, 0.25) is 0 Å². The van der Waals surface area contributed by atoms with Crippen molar-refractivity contribution in [3.63, 3.8) is 0 Å². The second-order valence-corrected chi connectivity index (χ2v) is 8.67. The lowest BCUT2D eigenvalue weighted by Gasteiger charge is -2.20. The fourth-order valence-electron chi connectivity index (χ4n) is 4.94. The number of carbonyl (C=O) groups excluding carboxylic acids is 2. The molecule has 6 rings (SSSR count). The summed E-state index contributed by atoms with van der Waals surface area (Å²) >= 11 is 0. The number of fused-ring (bicyclic) bond motifs is 1. The van der Waals surface area contributed by atoms with Gasteiger partial charge in [-0.3, -0.25) is 14.5 Å². The minimum atomic E-state index is -0.481. The van der Waals surface area contributed by atoms with E-state index in [-0.39, 0.29) is 29.8 Å². The van der Waals surface area contributed by atoms with Gasteiger partial charge < -0.3 is 24.7 Å². The molecule has 1 fully saturated rings. The van der Waals surface area contributed by atoms with Gasteiger partial charge in [0.25, 0.3) is 11.5 Å². The zero-order valence-corrected chi connectivity index (χ0v) is 18.0. The van der Waals surface area contributed by atoms with Crippen LogP contribution in [-0.4, -0.2) is 48.9 Å². The van der Waals surface area contributed by atoms with Crippen molar-refractivity contribution >= 4 is 34.3 Å². The van der Waals surface area contributed by atoms with E-state index in [1.165, 1.54) is 17.0 Å². The van der Waals surface area contributed by atoms with Crippen LogP contribution < -0.4 is 25.8 Å². The van der Waals surface area contributed by atoms with Crippen LogP contribution in [0.1, 0.15) is 11.5 Å². The number of amides is 2. The van der Waals surface area contributed by atoms with Gasteiger partial charge in [0.1, 0.15) is 17.7 Å². The SMILES string of the molecule is O=C1COc2ccc(N3C[C@@H](CNC[C@@H]4Cn5c(=O)ccc6ccc(F)c4c65)OC3=O)cc2N1. The maximum absolute atomic E-state index is 14.6. The Labute approximate surface area is 193 Å². The molecule has 1 aromatic heterocycles. The number of benzene rings is 2. The number of anilines is 2. The summed E-state index contributed by atoms with van der Waals surface area (Å²) in [5, 5.41) is 6.85. The van der Waals surface area contributed by atoms with E-state index in [4.69, 9.17) is 9.47 Å². The number of ether oxygens (including phenoxy) is 2. The molecule has 34 heavy (non-hydrogen) atoms. The van der Waals surface area contributed by atoms with Crippen molar-refractivity contribution in [3.05, 3.63) is 64.2 Å². The van der Waals surface area contributed by atoms with Crippen LogP contribution in [0.3, 0.4) is 0 Å². The highest BCUT2D eigenvalue weighted by atomic mass is 19.1. The lowest BCUT2D eigenvalue weighted by molar-refractivity contribution is -0.118. The van der Waals surface area contributed by atoms with Crippen LogP contribution in [0.25, 0.3) is 10.9 Å². The largest absolute Gasteiger partial charge is 0.482 e. The van der Waals surface area contributed by atoms with Crippen molar-refractivity contribution < 1.29 is 23.5 Å². The van der Waals surface area contributed by atoms with E-state index in [2.05, 4.69) is 10.6 Å². The maximum Gasteiger partial charge on any atom is 0.414 e. The number of hydrogen-bond acceptors (Lipinski definition) is 6. The first-order valence-electron chi connectivity index (χ1n) is 11.1. The van der Waals surface area contributed by atoms with Gasteiger partial charge in [-0.05, 0) is 41.8 Å². The van der Waals surface area contributed by atoms with Gasteiger partial charge in [-0.1, -0.05) is 0 Å². The molecule has 2 aromatic carbocycles. The zero-order chi connectivity index (χ0) is 23.4. The van der Waals surface area contributed by atoms with Crippen molar-refractivity contribution in [2.45, 2.75) is 18.6 Å². The van der Waals surface area contributed by atoms with Gasteiger partial charge in [0.2, 0.25) is 0 Å². The van der Waals surface area contributed by atoms with Crippen LogP contribution in [-0.2, 0) is 16.1 Å². The van der Waals surface area contributed by atoms with E-state index >= 15 is 0 Å². The van der Waals surface area contributed by atoms with Crippen LogP contribution in [0.5, 0.6) is 5.75 Å². The van der Waals surface area contributed by atoms with Crippen LogP contribution in [0.15, 0.2) is 47.3 Å². The lowest BCUT2D eigenvalue weighted by Crippen LogP contribution is -2.33. The third kappa shape index (κ3) is 3.38. The average molecular weight is 464 g/mol. The number of halogens is 1. The highest BCUT2D eigenvalue weighted by Gasteiger charge is 2.34. The Hall–Kier alpha value is -3.92. The molecule has 4 heterocycles. The molecule has 0 saturated carbocycles. The highest BCUT2D eigenvalue weighted by Crippen LogP contribution is 2.35. The van der Waals surface area contributed by atoms with Gasteiger partial charge in [-0.15, -0.1) is 0 Å². The van der Waals surface area contributed by atoms with E-state index in [0.29, 0.717) is 54.4 Å². The monoisotopic (exact) mass is 464 g/mol. The summed E-state index contributed by atoms with van der Waals surface area (Å²) in [7, 11) is 0. The Balaban J connectivity index is 1.12. The van der Waals surface area contributed by atoms with Crippen LogP contribution in [0.4, 0.5) is 20.6 Å². The number of hydrogen-bond donors (Lipinski definition) is 2. The summed E-state index contributed by atoms with van der Waals surface area (Å²) in [6, 6.07) is 11.5. The minimum absolute atomic E-state index is 0.0367. The summed E-state index contributed by atoms with van der Waals surface area (Å²) in [4.78, 5) is 37.8. The van der Waals surface area contributed by atoms with Gasteiger partial charge in [-0.25, -0.2) is 9.18 Å². The van der Waals surface area contributed by atoms with Gasteiger partial charge in [0, 0.05) is 42.9 Å². The summed E-state index contributed by atoms with van der Waals surface area (Å²) < 4.78 is 27.1. The first-order valence-corrected chi connectivity index (χ1v) is 11.1. The Morgan fingerprint density at radius 1 is 1.06 bits per heavy atom. The molecule has 0 radical (unpaired) electrons. The Morgan fingerprint density at radius 2 is 1.91 bits per heavy atom. The third-order valence-electron chi connectivity index (χ3n) is 6.49. The van der Waals surface area contributed by atoms with Crippen molar-refractivity contribution in [3.8, 4) is 5.75 Å². The van der Waals surface area contributed by atoms with E-state index < -0.39 is 12.2 Å². The molecule has 174 valence electrons. The molecule has 2 atom stereocenters. The molecule has 10 heteroatoms. The fourth-order valence-corrected chi connectivity index (χ4v) is 4.94. The number of nitrogens with zero attached hydrogens (tertiary/aromatic N) is 2. The van der Waals surface area contributed by atoms with E-state index in [1.807, 2.05) is 0 Å². The number of cyclic esters (lactones) is 1. The number of rotatable bonds is 5. The molecule has 9 nitrogen and oxygen atoms in total. The number of carbonyl (C=O) groups is 2. The summed E-state index contributed by atoms with van der Waals surface area (Å²) in [5.74, 6) is -0.221. The highest BCUT2D eigenvalue weighted by molar-refractivity contribution is 5.97. The topological polar surface area (TPSA) is 102 Å². The van der Waals surface area contributed by atoms with Gasteiger partial charge in [-0.2, -0.15) is 0 Å². The van der Waals surface area contributed by atoms with Gasteiger partial charge in [0.15, 0.2) is 6.61 Å². The molecule has 0 unspecified atom stereocenters. The first-order chi connectivity index (χ1) is 16.5. The standard InChI is InChI=1S/C24H21FN4O5/c25-17-4-1-13-2-6-21(31)29-10-14(22(17)23(13)29)8-26-9-16-11-28(24(32)34-16)15-3-5-19-18(7-15)27-20(30)12-33-19/h1-7,14,16,26H,8-12H2,(H,27,30)/t14-,16-/m1/s1. The van der Waals surface area contributed by atoms with Gasteiger partial charge >= 0.3 is 6.09 Å². The quantitative estimate of drug-likeness (QED) is 0.600. The van der Waals surface area contributed by atoms with E-state index in [0.717, 1.165) is 5.39 Å². The predicted molar refractivity (Wildman–Crippen MR) is 122 cm³/mol. The summed E-state index contributed by atoms with van der Waals surface area (Å²) in [5.41, 5.74) is 2.16. The molecule has 2 amide bonds. The number of nitrogens with one attached hydrogen (secondary N) is 2. The van der Waals surface area contributed by atoms with Crippen molar-refractivity contribution in [2.24, 2.45) is 0 Å². The van der Waals surface area contributed by atoms with Crippen LogP contribution >= 0.6 is 0 Å². The van der Waals surface area contributed by atoms with Crippen molar-refractivity contribution in [1.29, 1.82) is 0 Å². The molecule has 0 aliphatic carbocycles. The molecule has 0 spiro atoms. The molecule has 0 bridgehead atoms. The Morgan fingerprint density at radius 3 is 2.79 bits per heavy atom. The lowest BCUT2D eigenvalue weighted by atomic mass is 9.99. The van der Waals surface area contributed by atoms with E-state index in [9.17, 15) is 18.8 Å². The van der Waals surface area contributed by atoms with Crippen molar-refractivity contribution in [2.75, 3.05) is 36.5 Å².